The van der Waals surface area contributed by atoms with Gasteiger partial charge in [-0.1, -0.05) is 0 Å². The molecule has 0 unspecified atom stereocenters. The summed E-state index contributed by atoms with van der Waals surface area (Å²) < 4.78 is 45.3. The molecule has 1 aliphatic carbocycles. The van der Waals surface area contributed by atoms with E-state index in [0.717, 1.165) is 25.2 Å². The van der Waals surface area contributed by atoms with Crippen molar-refractivity contribution in [1.29, 1.82) is 0 Å². The largest absolute Gasteiger partial charge is 0.376 e. The smallest absolute Gasteiger partial charge is 0.225 e. The summed E-state index contributed by atoms with van der Waals surface area (Å²) in [6.07, 6.45) is 3.88. The molecule has 0 amide bonds. The lowest BCUT2D eigenvalue weighted by Crippen LogP contribution is -2.36. The molecule has 3 atom stereocenters. The number of ether oxygens (including phenoxy) is 1. The summed E-state index contributed by atoms with van der Waals surface area (Å²) in [6, 6.07) is 0. The number of nitrogens with zero attached hydrogens (tertiary/aromatic N) is 3. The van der Waals surface area contributed by atoms with Gasteiger partial charge < -0.3 is 9.64 Å². The fraction of sp³-hybridized carbons (Fsp3) is 0.714. The highest BCUT2D eigenvalue weighted by atomic mass is 32.2. The van der Waals surface area contributed by atoms with Crippen LogP contribution in [0.2, 0.25) is 0 Å². The molecule has 1 aromatic rings. The Labute approximate surface area is 134 Å². The zero-order valence-electron chi connectivity index (χ0n) is 12.6. The quantitative estimate of drug-likeness (QED) is 0.820. The summed E-state index contributed by atoms with van der Waals surface area (Å²) in [7, 11) is -3.16. The Morgan fingerprint density at radius 1 is 1.30 bits per heavy atom. The Hall–Kier alpha value is -1.32. The van der Waals surface area contributed by atoms with Crippen molar-refractivity contribution in [2.45, 2.75) is 24.2 Å². The summed E-state index contributed by atoms with van der Waals surface area (Å²) in [6.45, 7) is 2.34. The third-order valence-corrected chi connectivity index (χ3v) is 6.76. The molecule has 0 aromatic carbocycles. The number of hydrogen-bond donors (Lipinski definition) is 1. The minimum atomic E-state index is -3.16. The van der Waals surface area contributed by atoms with Crippen molar-refractivity contribution in [1.82, 2.24) is 14.7 Å². The van der Waals surface area contributed by atoms with E-state index in [1.165, 1.54) is 0 Å². The molecule has 0 radical (unpaired) electrons. The maximum atomic E-state index is 12.9. The molecule has 0 bridgehead atoms. The standard InChI is InChI=1S/C14H19FN4O3S/c15-10-4-16-14(17-5-10)19-6-12-9(8-22-13(12)7-19)3-18-23(20,21)11-1-2-11/h4-5,9,11-13,18H,1-3,6-8H2/t9-,12+,13+/m1/s1. The van der Waals surface area contributed by atoms with Gasteiger partial charge in [-0.3, -0.25) is 0 Å². The average molecular weight is 342 g/mol. The minimum absolute atomic E-state index is 0.0547. The van der Waals surface area contributed by atoms with Gasteiger partial charge in [0.2, 0.25) is 16.0 Å². The molecule has 0 spiro atoms. The number of rotatable bonds is 5. The van der Waals surface area contributed by atoms with Crippen LogP contribution in [0.1, 0.15) is 12.8 Å². The third kappa shape index (κ3) is 3.05. The Morgan fingerprint density at radius 3 is 2.74 bits per heavy atom. The number of halogens is 1. The van der Waals surface area contributed by atoms with E-state index in [-0.39, 0.29) is 23.2 Å². The van der Waals surface area contributed by atoms with E-state index in [2.05, 4.69) is 14.7 Å². The fourth-order valence-electron chi connectivity index (χ4n) is 3.36. The molecule has 9 heteroatoms. The van der Waals surface area contributed by atoms with Gasteiger partial charge >= 0.3 is 0 Å². The maximum absolute atomic E-state index is 12.9. The van der Waals surface area contributed by atoms with Gasteiger partial charge in [0.05, 0.1) is 30.4 Å². The van der Waals surface area contributed by atoms with Crippen LogP contribution in [-0.4, -0.2) is 56.0 Å². The van der Waals surface area contributed by atoms with Crippen LogP contribution >= 0.6 is 0 Å². The van der Waals surface area contributed by atoms with E-state index in [1.54, 1.807) is 0 Å². The summed E-state index contributed by atoms with van der Waals surface area (Å²) in [5, 5.41) is -0.201. The number of anilines is 1. The zero-order chi connectivity index (χ0) is 16.0. The van der Waals surface area contributed by atoms with Gasteiger partial charge in [0.25, 0.3) is 0 Å². The van der Waals surface area contributed by atoms with Crippen LogP contribution < -0.4 is 9.62 Å². The third-order valence-electron chi connectivity index (χ3n) is 4.84. The van der Waals surface area contributed by atoms with Crippen LogP contribution in [0.5, 0.6) is 0 Å². The van der Waals surface area contributed by atoms with Crippen LogP contribution in [0.4, 0.5) is 10.3 Å². The minimum Gasteiger partial charge on any atom is -0.376 e. The van der Waals surface area contributed by atoms with Crippen LogP contribution in [0.15, 0.2) is 12.4 Å². The van der Waals surface area contributed by atoms with Gasteiger partial charge in [-0.25, -0.2) is 27.5 Å². The van der Waals surface area contributed by atoms with E-state index in [1.807, 2.05) is 4.90 Å². The predicted octanol–water partition coefficient (Wildman–Crippen LogP) is 0.149. The van der Waals surface area contributed by atoms with Crippen LogP contribution in [0.3, 0.4) is 0 Å². The van der Waals surface area contributed by atoms with Crippen LogP contribution in [0, 0.1) is 17.7 Å². The summed E-state index contributed by atoms with van der Waals surface area (Å²) in [5.41, 5.74) is 0. The normalized spacial score (nSPS) is 30.7. The molecular weight excluding hydrogens is 323 g/mol. The number of fused-ring (bicyclic) bond motifs is 1. The summed E-state index contributed by atoms with van der Waals surface area (Å²) in [4.78, 5) is 9.97. The molecule has 3 aliphatic rings. The Balaban J connectivity index is 1.38. The SMILES string of the molecule is O=S(=O)(NC[C@@H]1CO[C@H]2CN(c3ncc(F)cn3)C[C@@H]12)C1CC1. The van der Waals surface area contributed by atoms with Crippen molar-refractivity contribution in [3.05, 3.63) is 18.2 Å². The molecular formula is C14H19FN4O3S. The summed E-state index contributed by atoms with van der Waals surface area (Å²) >= 11 is 0. The lowest BCUT2D eigenvalue weighted by molar-refractivity contribution is 0.111. The van der Waals surface area contributed by atoms with Gasteiger partial charge in [-0.2, -0.15) is 0 Å². The molecule has 3 fully saturated rings. The zero-order valence-corrected chi connectivity index (χ0v) is 13.4. The van der Waals surface area contributed by atoms with E-state index in [9.17, 15) is 12.8 Å². The topological polar surface area (TPSA) is 84.4 Å². The second kappa shape index (κ2) is 5.64. The Morgan fingerprint density at radius 2 is 2.04 bits per heavy atom. The van der Waals surface area contributed by atoms with Crippen molar-refractivity contribution in [2.24, 2.45) is 11.8 Å². The Bertz CT molecular complexity index is 680. The maximum Gasteiger partial charge on any atom is 0.225 e. The summed E-state index contributed by atoms with van der Waals surface area (Å²) in [5.74, 6) is 0.419. The fourth-order valence-corrected chi connectivity index (χ4v) is 4.80. The number of nitrogens with one attached hydrogen (secondary N) is 1. The van der Waals surface area contributed by atoms with Crippen molar-refractivity contribution in [2.75, 3.05) is 31.1 Å². The van der Waals surface area contributed by atoms with E-state index >= 15 is 0 Å². The van der Waals surface area contributed by atoms with Gasteiger partial charge in [-0.15, -0.1) is 0 Å². The number of aromatic nitrogens is 2. The van der Waals surface area contributed by atoms with E-state index in [0.29, 0.717) is 32.2 Å². The molecule has 1 aromatic heterocycles. The molecule has 1 saturated carbocycles. The monoisotopic (exact) mass is 342 g/mol. The predicted molar refractivity (Wildman–Crippen MR) is 80.9 cm³/mol. The van der Waals surface area contributed by atoms with Crippen molar-refractivity contribution >= 4 is 16.0 Å². The van der Waals surface area contributed by atoms with Crippen molar-refractivity contribution < 1.29 is 17.5 Å². The van der Waals surface area contributed by atoms with Gasteiger partial charge in [-0.05, 0) is 12.8 Å². The number of sulfonamides is 1. The highest BCUT2D eigenvalue weighted by Crippen LogP contribution is 2.35. The lowest BCUT2D eigenvalue weighted by atomic mass is 9.93. The molecule has 7 nitrogen and oxygen atoms in total. The van der Waals surface area contributed by atoms with E-state index < -0.39 is 15.8 Å². The average Bonchev–Trinajstić information content (AvgIpc) is 3.20. The molecule has 126 valence electrons. The molecule has 2 saturated heterocycles. The van der Waals surface area contributed by atoms with E-state index in [4.69, 9.17) is 4.74 Å². The first-order chi connectivity index (χ1) is 11.0. The van der Waals surface area contributed by atoms with Crippen LogP contribution in [0.25, 0.3) is 0 Å². The highest BCUT2D eigenvalue weighted by molar-refractivity contribution is 7.90. The molecule has 4 rings (SSSR count). The highest BCUT2D eigenvalue weighted by Gasteiger charge is 2.45. The van der Waals surface area contributed by atoms with Gasteiger partial charge in [0.15, 0.2) is 5.82 Å². The van der Waals surface area contributed by atoms with Crippen LogP contribution in [-0.2, 0) is 14.8 Å². The van der Waals surface area contributed by atoms with Crippen molar-refractivity contribution in [3.63, 3.8) is 0 Å². The first-order valence-electron chi connectivity index (χ1n) is 7.85. The second-order valence-corrected chi connectivity index (χ2v) is 8.54. The van der Waals surface area contributed by atoms with Crippen molar-refractivity contribution in [3.8, 4) is 0 Å². The first kappa shape index (κ1) is 15.2. The Kier molecular flexibility index (Phi) is 3.73. The molecule has 2 aliphatic heterocycles. The molecule has 23 heavy (non-hydrogen) atoms. The number of hydrogen-bond acceptors (Lipinski definition) is 6. The first-order valence-corrected chi connectivity index (χ1v) is 9.40. The molecule has 1 N–H and O–H groups in total. The van der Waals surface area contributed by atoms with Gasteiger partial charge in [0, 0.05) is 31.5 Å². The second-order valence-electron chi connectivity index (χ2n) is 6.49. The lowest BCUT2D eigenvalue weighted by Gasteiger charge is -2.19. The molecule has 3 heterocycles. The van der Waals surface area contributed by atoms with Gasteiger partial charge in [0.1, 0.15) is 0 Å².